The molecular weight excluding hydrogens is 216 g/mol. The fraction of sp³-hybridized carbons (Fsp3) is 0.909. The molecule has 6 nitrogen and oxygen atoms in total. The summed E-state index contributed by atoms with van der Waals surface area (Å²) in [5, 5.41) is 15.6. The second-order valence-electron chi connectivity index (χ2n) is 4.78. The highest BCUT2D eigenvalue weighted by molar-refractivity contribution is 4.86. The number of piperidine rings is 1. The molecular formula is C11H22N6. The molecule has 1 aliphatic heterocycles. The first kappa shape index (κ1) is 12.4. The summed E-state index contributed by atoms with van der Waals surface area (Å²) in [6.45, 7) is 5.32. The van der Waals surface area contributed by atoms with Crippen LogP contribution in [0.5, 0.6) is 0 Å². The lowest BCUT2D eigenvalue weighted by Crippen LogP contribution is -2.47. The highest BCUT2D eigenvalue weighted by atomic mass is 15.6. The van der Waals surface area contributed by atoms with E-state index in [0.29, 0.717) is 6.04 Å². The largest absolute Gasteiger partial charge is 0.317 e. The maximum atomic E-state index is 4.23. The number of rotatable bonds is 4. The van der Waals surface area contributed by atoms with Gasteiger partial charge in [0.2, 0.25) is 0 Å². The molecule has 0 bridgehead atoms. The van der Waals surface area contributed by atoms with Crippen molar-refractivity contribution >= 4 is 0 Å². The number of hydrogen-bond acceptors (Lipinski definition) is 5. The molecule has 2 atom stereocenters. The maximum Gasteiger partial charge on any atom is 0.188 e. The van der Waals surface area contributed by atoms with Crippen LogP contribution in [-0.4, -0.2) is 51.3 Å². The van der Waals surface area contributed by atoms with Crippen LogP contribution in [0.3, 0.4) is 0 Å². The summed E-state index contributed by atoms with van der Waals surface area (Å²) >= 11 is 0. The Bertz CT molecular complexity index is 349. The Morgan fingerprint density at radius 3 is 2.88 bits per heavy atom. The second kappa shape index (κ2) is 5.55. The van der Waals surface area contributed by atoms with Crippen molar-refractivity contribution in [3.63, 3.8) is 0 Å². The van der Waals surface area contributed by atoms with Crippen LogP contribution in [0.4, 0.5) is 0 Å². The zero-order valence-electron chi connectivity index (χ0n) is 10.9. The van der Waals surface area contributed by atoms with Gasteiger partial charge >= 0.3 is 0 Å². The third-order valence-corrected chi connectivity index (χ3v) is 3.63. The van der Waals surface area contributed by atoms with Gasteiger partial charge in [0, 0.05) is 19.1 Å². The molecule has 0 aromatic carbocycles. The summed E-state index contributed by atoms with van der Waals surface area (Å²) < 4.78 is 0. The Morgan fingerprint density at radius 2 is 2.29 bits per heavy atom. The lowest BCUT2D eigenvalue weighted by atomic mass is 9.90. The van der Waals surface area contributed by atoms with Gasteiger partial charge in [0.25, 0.3) is 0 Å². The first-order valence-corrected chi connectivity index (χ1v) is 6.35. The molecule has 6 heteroatoms. The predicted molar refractivity (Wildman–Crippen MR) is 65.3 cm³/mol. The SMILES string of the molecule is CCC1CN(Cc2nnn(C)n2)CCC1NC. The zero-order chi connectivity index (χ0) is 12.3. The van der Waals surface area contributed by atoms with E-state index in [1.807, 2.05) is 0 Å². The molecule has 1 aliphatic rings. The molecule has 1 aromatic heterocycles. The molecule has 0 saturated carbocycles. The molecule has 0 spiro atoms. The Labute approximate surface area is 102 Å². The van der Waals surface area contributed by atoms with Crippen molar-refractivity contribution in [1.82, 2.24) is 30.4 Å². The van der Waals surface area contributed by atoms with E-state index in [0.717, 1.165) is 31.4 Å². The minimum absolute atomic E-state index is 0.658. The Balaban J connectivity index is 1.91. The van der Waals surface area contributed by atoms with E-state index < -0.39 is 0 Å². The Morgan fingerprint density at radius 1 is 1.47 bits per heavy atom. The van der Waals surface area contributed by atoms with Crippen LogP contribution in [0.25, 0.3) is 0 Å². The molecule has 1 saturated heterocycles. The number of aryl methyl sites for hydroxylation is 1. The van der Waals surface area contributed by atoms with Crippen LogP contribution in [0.1, 0.15) is 25.6 Å². The van der Waals surface area contributed by atoms with Gasteiger partial charge in [0.05, 0.1) is 13.6 Å². The molecule has 0 aliphatic carbocycles. The smallest absolute Gasteiger partial charge is 0.188 e. The van der Waals surface area contributed by atoms with E-state index in [1.165, 1.54) is 17.6 Å². The van der Waals surface area contributed by atoms with Crippen LogP contribution in [0.2, 0.25) is 0 Å². The number of hydrogen-bond donors (Lipinski definition) is 1. The van der Waals surface area contributed by atoms with Crippen LogP contribution in [0.15, 0.2) is 0 Å². The van der Waals surface area contributed by atoms with Crippen LogP contribution < -0.4 is 5.32 Å². The molecule has 0 amide bonds. The summed E-state index contributed by atoms with van der Waals surface area (Å²) in [6, 6.07) is 0.658. The zero-order valence-corrected chi connectivity index (χ0v) is 10.9. The van der Waals surface area contributed by atoms with Crippen molar-refractivity contribution in [2.24, 2.45) is 13.0 Å². The first-order valence-electron chi connectivity index (χ1n) is 6.35. The van der Waals surface area contributed by atoms with Gasteiger partial charge in [-0.1, -0.05) is 13.3 Å². The Hall–Kier alpha value is -1.01. The molecule has 0 radical (unpaired) electrons. The number of nitrogens with zero attached hydrogens (tertiary/aromatic N) is 5. The van der Waals surface area contributed by atoms with Crippen LogP contribution >= 0.6 is 0 Å². The van der Waals surface area contributed by atoms with Crippen LogP contribution in [0, 0.1) is 5.92 Å². The van der Waals surface area contributed by atoms with Gasteiger partial charge in [0.1, 0.15) is 0 Å². The minimum atomic E-state index is 0.658. The summed E-state index contributed by atoms with van der Waals surface area (Å²) in [5.74, 6) is 1.55. The molecule has 1 aromatic rings. The second-order valence-corrected chi connectivity index (χ2v) is 4.78. The monoisotopic (exact) mass is 238 g/mol. The van der Waals surface area contributed by atoms with Crippen molar-refractivity contribution in [1.29, 1.82) is 0 Å². The van der Waals surface area contributed by atoms with E-state index in [2.05, 4.69) is 39.6 Å². The van der Waals surface area contributed by atoms with Gasteiger partial charge < -0.3 is 5.32 Å². The minimum Gasteiger partial charge on any atom is -0.317 e. The molecule has 1 N–H and O–H groups in total. The summed E-state index contributed by atoms with van der Waals surface area (Å²) in [6.07, 6.45) is 2.42. The van der Waals surface area contributed by atoms with Gasteiger partial charge in [-0.3, -0.25) is 4.90 Å². The van der Waals surface area contributed by atoms with Gasteiger partial charge in [-0.05, 0) is 24.6 Å². The molecule has 17 heavy (non-hydrogen) atoms. The number of tetrazole rings is 1. The third-order valence-electron chi connectivity index (χ3n) is 3.63. The fourth-order valence-electron chi connectivity index (χ4n) is 2.63. The highest BCUT2D eigenvalue weighted by Crippen LogP contribution is 2.20. The number of likely N-dealkylation sites (tertiary alicyclic amines) is 1. The lowest BCUT2D eigenvalue weighted by Gasteiger charge is -2.37. The average Bonchev–Trinajstić information content (AvgIpc) is 2.74. The topological polar surface area (TPSA) is 58.9 Å². The average molecular weight is 238 g/mol. The standard InChI is InChI=1S/C11H22N6/c1-4-9-7-17(6-5-10(9)12-2)8-11-13-15-16(3)14-11/h9-10,12H,4-8H2,1-3H3. The van der Waals surface area contributed by atoms with Crippen molar-refractivity contribution < 1.29 is 0 Å². The van der Waals surface area contributed by atoms with Crippen molar-refractivity contribution in [3.05, 3.63) is 5.82 Å². The molecule has 96 valence electrons. The molecule has 1 fully saturated rings. The van der Waals surface area contributed by atoms with Gasteiger partial charge in [0.15, 0.2) is 5.82 Å². The summed E-state index contributed by atoms with van der Waals surface area (Å²) in [4.78, 5) is 3.95. The van der Waals surface area contributed by atoms with E-state index in [9.17, 15) is 0 Å². The number of nitrogens with one attached hydrogen (secondary N) is 1. The normalized spacial score (nSPS) is 26.3. The van der Waals surface area contributed by atoms with Gasteiger partial charge in [-0.25, -0.2) is 0 Å². The molecule has 2 heterocycles. The van der Waals surface area contributed by atoms with E-state index >= 15 is 0 Å². The van der Waals surface area contributed by atoms with Crippen LogP contribution in [-0.2, 0) is 13.6 Å². The fourth-order valence-corrected chi connectivity index (χ4v) is 2.63. The quantitative estimate of drug-likeness (QED) is 0.802. The van der Waals surface area contributed by atoms with Gasteiger partial charge in [-0.15, -0.1) is 10.2 Å². The van der Waals surface area contributed by atoms with E-state index in [-0.39, 0.29) is 0 Å². The summed E-state index contributed by atoms with van der Waals surface area (Å²) in [7, 11) is 3.87. The number of aromatic nitrogens is 4. The van der Waals surface area contributed by atoms with Gasteiger partial charge in [-0.2, -0.15) is 4.80 Å². The van der Waals surface area contributed by atoms with Crippen molar-refractivity contribution in [2.75, 3.05) is 20.1 Å². The molecule has 2 rings (SSSR count). The highest BCUT2D eigenvalue weighted by Gasteiger charge is 2.27. The van der Waals surface area contributed by atoms with Crippen molar-refractivity contribution in [2.45, 2.75) is 32.4 Å². The third kappa shape index (κ3) is 3.01. The molecule has 2 unspecified atom stereocenters. The first-order chi connectivity index (χ1) is 8.22. The lowest BCUT2D eigenvalue weighted by molar-refractivity contribution is 0.130. The van der Waals surface area contributed by atoms with E-state index in [4.69, 9.17) is 0 Å². The maximum absolute atomic E-state index is 4.23. The predicted octanol–water partition coefficient (Wildman–Crippen LogP) is 0.0300. The summed E-state index contributed by atoms with van der Waals surface area (Å²) in [5.41, 5.74) is 0. The van der Waals surface area contributed by atoms with E-state index in [1.54, 1.807) is 7.05 Å². The van der Waals surface area contributed by atoms with Crippen molar-refractivity contribution in [3.8, 4) is 0 Å². The Kier molecular flexibility index (Phi) is 4.06.